The summed E-state index contributed by atoms with van der Waals surface area (Å²) in [6.07, 6.45) is 3.17. The number of fused-ring (bicyclic) bond motifs is 1. The number of alkyl halides is 2. The van der Waals surface area contributed by atoms with E-state index < -0.39 is 24.3 Å². The Morgan fingerprint density at radius 2 is 2.00 bits per heavy atom. The number of rotatable bonds is 6. The minimum absolute atomic E-state index is 0.314. The van der Waals surface area contributed by atoms with Gasteiger partial charge in [-0.25, -0.2) is 4.39 Å². The summed E-state index contributed by atoms with van der Waals surface area (Å²) in [6, 6.07) is 5.48. The molecule has 0 bridgehead atoms. The molecule has 0 aliphatic rings. The summed E-state index contributed by atoms with van der Waals surface area (Å²) in [4.78, 5) is 4.28. The van der Waals surface area contributed by atoms with Crippen molar-refractivity contribution in [3.8, 4) is 16.9 Å². The van der Waals surface area contributed by atoms with Crippen molar-refractivity contribution in [1.29, 1.82) is 0 Å². The standard InChI is InChI=1S/C17H16F3N3O2/c1-2-12(24)9-23-15-5-11(7-21-14(15)8-22-23)10-3-4-13(18)16(6-10)25-17(19)20/h3-8,12,17,24H,2,9H2,1H3. The van der Waals surface area contributed by atoms with Crippen LogP contribution < -0.4 is 4.74 Å². The van der Waals surface area contributed by atoms with E-state index in [1.165, 1.54) is 12.1 Å². The molecule has 1 unspecified atom stereocenters. The molecule has 2 heterocycles. The number of aromatic nitrogens is 3. The zero-order chi connectivity index (χ0) is 18.0. The molecule has 0 saturated heterocycles. The van der Waals surface area contributed by atoms with Crippen molar-refractivity contribution in [3.63, 3.8) is 0 Å². The topological polar surface area (TPSA) is 60.2 Å². The Morgan fingerprint density at radius 1 is 1.20 bits per heavy atom. The van der Waals surface area contributed by atoms with Gasteiger partial charge in [0.15, 0.2) is 11.6 Å². The fourth-order valence-electron chi connectivity index (χ4n) is 2.46. The quantitative estimate of drug-likeness (QED) is 0.737. The lowest BCUT2D eigenvalue weighted by molar-refractivity contribution is -0.0521. The van der Waals surface area contributed by atoms with Gasteiger partial charge in [0.2, 0.25) is 0 Å². The fraction of sp³-hybridized carbons (Fsp3) is 0.294. The molecule has 132 valence electrons. The first-order valence-electron chi connectivity index (χ1n) is 7.72. The number of nitrogens with zero attached hydrogens (tertiary/aromatic N) is 3. The second-order valence-corrected chi connectivity index (χ2v) is 5.54. The summed E-state index contributed by atoms with van der Waals surface area (Å²) in [5.74, 6) is -1.39. The molecule has 3 rings (SSSR count). The first kappa shape index (κ1) is 17.2. The summed E-state index contributed by atoms with van der Waals surface area (Å²) in [5, 5.41) is 14.0. The van der Waals surface area contributed by atoms with Crippen LogP contribution in [-0.4, -0.2) is 32.6 Å². The average Bonchev–Trinajstić information content (AvgIpc) is 2.98. The Hall–Kier alpha value is -2.61. The highest BCUT2D eigenvalue weighted by Crippen LogP contribution is 2.29. The van der Waals surface area contributed by atoms with Gasteiger partial charge in [0.05, 0.1) is 24.4 Å². The van der Waals surface area contributed by atoms with Gasteiger partial charge in [-0.05, 0) is 30.2 Å². The number of ether oxygens (including phenoxy) is 1. The molecule has 0 amide bonds. The summed E-state index contributed by atoms with van der Waals surface area (Å²) >= 11 is 0. The van der Waals surface area contributed by atoms with Gasteiger partial charge in [0.1, 0.15) is 5.52 Å². The Labute approximate surface area is 141 Å². The van der Waals surface area contributed by atoms with E-state index >= 15 is 0 Å². The zero-order valence-corrected chi connectivity index (χ0v) is 13.4. The molecule has 8 heteroatoms. The molecule has 3 aromatic rings. The fourth-order valence-corrected chi connectivity index (χ4v) is 2.46. The van der Waals surface area contributed by atoms with E-state index in [0.29, 0.717) is 35.1 Å². The van der Waals surface area contributed by atoms with E-state index in [1.54, 1.807) is 23.1 Å². The maximum absolute atomic E-state index is 13.6. The van der Waals surface area contributed by atoms with Gasteiger partial charge < -0.3 is 9.84 Å². The van der Waals surface area contributed by atoms with Gasteiger partial charge in [-0.3, -0.25) is 9.67 Å². The second kappa shape index (κ2) is 7.10. The number of benzene rings is 1. The predicted octanol–water partition coefficient (Wildman–Crippen LogP) is 3.61. The highest BCUT2D eigenvalue weighted by molar-refractivity contribution is 5.80. The van der Waals surface area contributed by atoms with E-state index in [2.05, 4.69) is 14.8 Å². The molecule has 0 fully saturated rings. The summed E-state index contributed by atoms with van der Waals surface area (Å²) < 4.78 is 44.1. The maximum Gasteiger partial charge on any atom is 0.387 e. The van der Waals surface area contributed by atoms with Crippen molar-refractivity contribution in [1.82, 2.24) is 14.8 Å². The number of pyridine rings is 1. The van der Waals surface area contributed by atoms with Crippen molar-refractivity contribution in [2.75, 3.05) is 0 Å². The van der Waals surface area contributed by atoms with Crippen LogP contribution in [0.3, 0.4) is 0 Å². The summed E-state index contributed by atoms with van der Waals surface area (Å²) in [7, 11) is 0. The molecular weight excluding hydrogens is 335 g/mol. The average molecular weight is 351 g/mol. The van der Waals surface area contributed by atoms with Gasteiger partial charge in [0.25, 0.3) is 0 Å². The van der Waals surface area contributed by atoms with Crippen molar-refractivity contribution >= 4 is 11.0 Å². The Kier molecular flexibility index (Phi) is 4.89. The third-order valence-corrected chi connectivity index (χ3v) is 3.83. The first-order valence-corrected chi connectivity index (χ1v) is 7.72. The van der Waals surface area contributed by atoms with Crippen LogP contribution in [0.1, 0.15) is 13.3 Å². The number of halogens is 3. The summed E-state index contributed by atoms with van der Waals surface area (Å²) in [5.41, 5.74) is 2.40. The highest BCUT2D eigenvalue weighted by atomic mass is 19.3. The van der Waals surface area contributed by atoms with Crippen LogP contribution in [0.5, 0.6) is 5.75 Å². The third-order valence-electron chi connectivity index (χ3n) is 3.83. The number of aliphatic hydroxyl groups excluding tert-OH is 1. The van der Waals surface area contributed by atoms with E-state index in [4.69, 9.17) is 0 Å². The number of aliphatic hydroxyl groups is 1. The van der Waals surface area contributed by atoms with E-state index in [9.17, 15) is 18.3 Å². The molecule has 0 aliphatic heterocycles. The summed E-state index contributed by atoms with van der Waals surface area (Å²) in [6.45, 7) is -0.931. The molecular formula is C17H16F3N3O2. The van der Waals surface area contributed by atoms with Crippen molar-refractivity contribution in [3.05, 3.63) is 42.5 Å². The van der Waals surface area contributed by atoms with Gasteiger partial charge in [-0.2, -0.15) is 13.9 Å². The smallest absolute Gasteiger partial charge is 0.387 e. The van der Waals surface area contributed by atoms with Gasteiger partial charge in [-0.1, -0.05) is 13.0 Å². The normalized spacial score (nSPS) is 12.7. The lowest BCUT2D eigenvalue weighted by Gasteiger charge is -2.10. The predicted molar refractivity (Wildman–Crippen MR) is 85.9 cm³/mol. The highest BCUT2D eigenvalue weighted by Gasteiger charge is 2.13. The number of hydrogen-bond donors (Lipinski definition) is 1. The minimum atomic E-state index is -3.11. The van der Waals surface area contributed by atoms with E-state index in [-0.39, 0.29) is 0 Å². The molecule has 0 saturated carbocycles. The Balaban J connectivity index is 2.00. The van der Waals surface area contributed by atoms with Crippen molar-refractivity contribution < 1.29 is 23.0 Å². The molecule has 1 atom stereocenters. The van der Waals surface area contributed by atoms with Crippen LogP contribution in [-0.2, 0) is 6.54 Å². The number of hydrogen-bond acceptors (Lipinski definition) is 4. The van der Waals surface area contributed by atoms with Crippen LogP contribution in [0.15, 0.2) is 36.7 Å². The van der Waals surface area contributed by atoms with E-state index in [0.717, 1.165) is 6.07 Å². The lowest BCUT2D eigenvalue weighted by atomic mass is 10.1. The molecule has 5 nitrogen and oxygen atoms in total. The maximum atomic E-state index is 13.6. The lowest BCUT2D eigenvalue weighted by Crippen LogP contribution is -2.15. The molecule has 0 spiro atoms. The third kappa shape index (κ3) is 3.74. The molecule has 0 aliphatic carbocycles. The Bertz CT molecular complexity index is 883. The van der Waals surface area contributed by atoms with E-state index in [1.807, 2.05) is 6.92 Å². The monoisotopic (exact) mass is 351 g/mol. The SMILES string of the molecule is CCC(O)Cn1ncc2ncc(-c3ccc(F)c(OC(F)F)c3)cc21. The zero-order valence-electron chi connectivity index (χ0n) is 13.4. The van der Waals surface area contributed by atoms with Crippen LogP contribution >= 0.6 is 0 Å². The molecule has 1 aromatic carbocycles. The van der Waals surface area contributed by atoms with Crippen LogP contribution in [0.4, 0.5) is 13.2 Å². The van der Waals surface area contributed by atoms with Crippen molar-refractivity contribution in [2.45, 2.75) is 32.6 Å². The molecule has 0 radical (unpaired) electrons. The van der Waals surface area contributed by atoms with Gasteiger partial charge in [0, 0.05) is 11.8 Å². The largest absolute Gasteiger partial charge is 0.432 e. The minimum Gasteiger partial charge on any atom is -0.432 e. The molecule has 1 N–H and O–H groups in total. The van der Waals surface area contributed by atoms with Gasteiger partial charge in [-0.15, -0.1) is 0 Å². The van der Waals surface area contributed by atoms with Crippen LogP contribution in [0, 0.1) is 5.82 Å². The van der Waals surface area contributed by atoms with Crippen LogP contribution in [0.25, 0.3) is 22.2 Å². The van der Waals surface area contributed by atoms with Gasteiger partial charge >= 0.3 is 6.61 Å². The van der Waals surface area contributed by atoms with Crippen LogP contribution in [0.2, 0.25) is 0 Å². The molecule has 25 heavy (non-hydrogen) atoms. The molecule has 2 aromatic heterocycles. The Morgan fingerprint density at radius 3 is 2.72 bits per heavy atom. The second-order valence-electron chi connectivity index (χ2n) is 5.54. The first-order chi connectivity index (χ1) is 12.0. The van der Waals surface area contributed by atoms with Crippen molar-refractivity contribution in [2.24, 2.45) is 0 Å².